The Hall–Kier alpha value is -1.92. The molecule has 0 bridgehead atoms. The molecule has 0 spiro atoms. The van der Waals surface area contributed by atoms with Gasteiger partial charge in [-0.2, -0.15) is 0 Å². The van der Waals surface area contributed by atoms with Crippen molar-refractivity contribution in [2.24, 2.45) is 0 Å². The monoisotopic (exact) mass is 358 g/mol. The number of carbonyl (C=O) groups excluding carboxylic acids is 2. The number of rotatable bonds is 6. The van der Waals surface area contributed by atoms with E-state index >= 15 is 0 Å². The van der Waals surface area contributed by atoms with Crippen LogP contribution >= 0.6 is 0 Å². The fourth-order valence-corrected chi connectivity index (χ4v) is 3.29. The van der Waals surface area contributed by atoms with Crippen molar-refractivity contribution in [3.8, 4) is 0 Å². The van der Waals surface area contributed by atoms with Crippen LogP contribution in [-0.2, 0) is 9.59 Å². The van der Waals surface area contributed by atoms with E-state index in [2.05, 4.69) is 20.4 Å². The van der Waals surface area contributed by atoms with E-state index in [1.54, 1.807) is 0 Å². The van der Waals surface area contributed by atoms with Crippen LogP contribution in [0.25, 0.3) is 0 Å². The molecule has 1 saturated carbocycles. The van der Waals surface area contributed by atoms with Gasteiger partial charge in [0.15, 0.2) is 0 Å². The summed E-state index contributed by atoms with van der Waals surface area (Å²) < 4.78 is 0. The predicted molar refractivity (Wildman–Crippen MR) is 103 cm³/mol. The predicted octanol–water partition coefficient (Wildman–Crippen LogP) is 1.53. The third-order valence-corrected chi connectivity index (χ3v) is 5.29. The fraction of sp³-hybridized carbons (Fsp3) is 0.600. The van der Waals surface area contributed by atoms with Crippen molar-refractivity contribution in [2.75, 3.05) is 38.0 Å². The van der Waals surface area contributed by atoms with Crippen molar-refractivity contribution in [1.82, 2.24) is 15.1 Å². The lowest BCUT2D eigenvalue weighted by atomic mass is 10.1. The van der Waals surface area contributed by atoms with Crippen molar-refractivity contribution in [3.05, 3.63) is 29.3 Å². The molecule has 6 nitrogen and oxygen atoms in total. The van der Waals surface area contributed by atoms with E-state index in [-0.39, 0.29) is 17.9 Å². The van der Waals surface area contributed by atoms with E-state index in [0.29, 0.717) is 12.6 Å². The van der Waals surface area contributed by atoms with Gasteiger partial charge < -0.3 is 10.6 Å². The van der Waals surface area contributed by atoms with Gasteiger partial charge in [0.05, 0.1) is 12.6 Å². The molecule has 1 aliphatic carbocycles. The highest BCUT2D eigenvalue weighted by atomic mass is 16.2. The second kappa shape index (κ2) is 8.18. The average molecular weight is 358 g/mol. The topological polar surface area (TPSA) is 64.7 Å². The highest BCUT2D eigenvalue weighted by Crippen LogP contribution is 2.19. The Morgan fingerprint density at radius 3 is 2.50 bits per heavy atom. The molecule has 142 valence electrons. The standard InChI is InChI=1S/C20H30N4O2/c1-14-4-5-15(2)18(12-14)22-20(26)16(3)24-10-8-23(9-11-24)13-19(25)21-17-6-7-17/h4-5,12,16-17H,6-11,13H2,1-3H3,(H,21,25)(H,22,26)/t16-/m0/s1. The van der Waals surface area contributed by atoms with Gasteiger partial charge in [0.25, 0.3) is 0 Å². The summed E-state index contributed by atoms with van der Waals surface area (Å²) in [5.41, 5.74) is 3.09. The summed E-state index contributed by atoms with van der Waals surface area (Å²) in [6.07, 6.45) is 2.24. The van der Waals surface area contributed by atoms with Crippen LogP contribution in [0.3, 0.4) is 0 Å². The van der Waals surface area contributed by atoms with Gasteiger partial charge in [-0.25, -0.2) is 0 Å². The molecule has 1 aromatic carbocycles. The van der Waals surface area contributed by atoms with Crippen LogP contribution in [0.15, 0.2) is 18.2 Å². The SMILES string of the molecule is Cc1ccc(C)c(NC(=O)[C@H](C)N2CCN(CC(=O)NC3CC3)CC2)c1. The number of aryl methyl sites for hydroxylation is 2. The summed E-state index contributed by atoms with van der Waals surface area (Å²) in [6, 6.07) is 6.32. The molecule has 1 saturated heterocycles. The number of nitrogens with zero attached hydrogens (tertiary/aromatic N) is 2. The van der Waals surface area contributed by atoms with Crippen LogP contribution in [0.2, 0.25) is 0 Å². The molecule has 1 heterocycles. The molecule has 3 rings (SSSR count). The number of benzene rings is 1. The summed E-state index contributed by atoms with van der Waals surface area (Å²) in [5.74, 6) is 0.153. The van der Waals surface area contributed by atoms with Crippen molar-refractivity contribution >= 4 is 17.5 Å². The molecule has 0 unspecified atom stereocenters. The maximum absolute atomic E-state index is 12.6. The molecule has 2 amide bonds. The molecule has 0 radical (unpaired) electrons. The molecule has 26 heavy (non-hydrogen) atoms. The molecule has 0 aromatic heterocycles. The van der Waals surface area contributed by atoms with Crippen LogP contribution in [0.5, 0.6) is 0 Å². The second-order valence-corrected chi connectivity index (χ2v) is 7.64. The van der Waals surface area contributed by atoms with Crippen LogP contribution < -0.4 is 10.6 Å². The Morgan fingerprint density at radius 1 is 1.15 bits per heavy atom. The number of carbonyl (C=O) groups is 2. The van der Waals surface area contributed by atoms with Crippen molar-refractivity contribution < 1.29 is 9.59 Å². The minimum atomic E-state index is -0.183. The van der Waals surface area contributed by atoms with Crippen molar-refractivity contribution in [3.63, 3.8) is 0 Å². The van der Waals surface area contributed by atoms with Crippen LogP contribution in [-0.4, -0.2) is 66.4 Å². The zero-order chi connectivity index (χ0) is 18.7. The van der Waals surface area contributed by atoms with Gasteiger partial charge in [-0.15, -0.1) is 0 Å². The van der Waals surface area contributed by atoms with E-state index in [1.165, 1.54) is 0 Å². The third-order valence-electron chi connectivity index (χ3n) is 5.29. The quantitative estimate of drug-likeness (QED) is 0.809. The number of nitrogens with one attached hydrogen (secondary N) is 2. The fourth-order valence-electron chi connectivity index (χ4n) is 3.29. The van der Waals surface area contributed by atoms with Gasteiger partial charge in [-0.1, -0.05) is 12.1 Å². The number of hydrogen-bond donors (Lipinski definition) is 2. The van der Waals surface area contributed by atoms with E-state index < -0.39 is 0 Å². The highest BCUT2D eigenvalue weighted by molar-refractivity contribution is 5.95. The largest absolute Gasteiger partial charge is 0.352 e. The third kappa shape index (κ3) is 5.05. The van der Waals surface area contributed by atoms with Crippen LogP contribution in [0.1, 0.15) is 30.9 Å². The first-order chi connectivity index (χ1) is 12.4. The Balaban J connectivity index is 1.46. The number of anilines is 1. The lowest BCUT2D eigenvalue weighted by molar-refractivity contribution is -0.124. The van der Waals surface area contributed by atoms with E-state index in [1.807, 2.05) is 39.0 Å². The zero-order valence-corrected chi connectivity index (χ0v) is 16.0. The smallest absolute Gasteiger partial charge is 0.241 e. The van der Waals surface area contributed by atoms with Gasteiger partial charge in [-0.3, -0.25) is 19.4 Å². The van der Waals surface area contributed by atoms with Gasteiger partial charge in [-0.05, 0) is 50.8 Å². The molecule has 2 aliphatic rings. The summed E-state index contributed by atoms with van der Waals surface area (Å²) in [5, 5.41) is 6.09. The molecule has 1 aliphatic heterocycles. The maximum Gasteiger partial charge on any atom is 0.241 e. The zero-order valence-electron chi connectivity index (χ0n) is 16.0. The Labute approximate surface area is 155 Å². The van der Waals surface area contributed by atoms with E-state index in [4.69, 9.17) is 0 Å². The van der Waals surface area contributed by atoms with Gasteiger partial charge in [0, 0.05) is 37.9 Å². The second-order valence-electron chi connectivity index (χ2n) is 7.64. The van der Waals surface area contributed by atoms with E-state index in [9.17, 15) is 9.59 Å². The van der Waals surface area contributed by atoms with Gasteiger partial charge in [0.2, 0.25) is 11.8 Å². The molecule has 2 fully saturated rings. The summed E-state index contributed by atoms with van der Waals surface area (Å²) >= 11 is 0. The van der Waals surface area contributed by atoms with Gasteiger partial charge >= 0.3 is 0 Å². The minimum Gasteiger partial charge on any atom is -0.352 e. The average Bonchev–Trinajstić information content (AvgIpc) is 3.42. The lowest BCUT2D eigenvalue weighted by Gasteiger charge is -2.37. The minimum absolute atomic E-state index is 0.0265. The molecule has 1 aromatic rings. The molecular formula is C20H30N4O2. The van der Waals surface area contributed by atoms with Crippen LogP contribution in [0, 0.1) is 13.8 Å². The van der Waals surface area contributed by atoms with Crippen molar-refractivity contribution in [1.29, 1.82) is 0 Å². The first-order valence-corrected chi connectivity index (χ1v) is 9.56. The van der Waals surface area contributed by atoms with E-state index in [0.717, 1.165) is 55.8 Å². The summed E-state index contributed by atoms with van der Waals surface area (Å²) in [7, 11) is 0. The normalized spacial score (nSPS) is 19.8. The number of piperazine rings is 1. The van der Waals surface area contributed by atoms with Gasteiger partial charge in [0.1, 0.15) is 0 Å². The molecule has 6 heteroatoms. The first-order valence-electron chi connectivity index (χ1n) is 9.56. The van der Waals surface area contributed by atoms with Crippen LogP contribution in [0.4, 0.5) is 5.69 Å². The summed E-state index contributed by atoms with van der Waals surface area (Å²) in [6.45, 7) is 9.69. The Kier molecular flexibility index (Phi) is 5.94. The molecule has 2 N–H and O–H groups in total. The number of hydrogen-bond acceptors (Lipinski definition) is 4. The Morgan fingerprint density at radius 2 is 1.85 bits per heavy atom. The Bertz CT molecular complexity index is 664. The first kappa shape index (κ1) is 18.9. The highest BCUT2D eigenvalue weighted by Gasteiger charge is 2.28. The molecule has 1 atom stereocenters. The number of amides is 2. The summed E-state index contributed by atoms with van der Waals surface area (Å²) in [4.78, 5) is 28.9. The lowest BCUT2D eigenvalue weighted by Crippen LogP contribution is -2.54. The van der Waals surface area contributed by atoms with Crippen molar-refractivity contribution in [2.45, 2.75) is 45.7 Å². The maximum atomic E-state index is 12.6. The molecular weight excluding hydrogens is 328 g/mol.